The summed E-state index contributed by atoms with van der Waals surface area (Å²) in [6, 6.07) is 15.0. The Morgan fingerprint density at radius 1 is 1.14 bits per heavy atom. The lowest BCUT2D eigenvalue weighted by Crippen LogP contribution is -2.22. The minimum atomic E-state index is -0.210. The van der Waals surface area contributed by atoms with Crippen LogP contribution in [-0.4, -0.2) is 5.91 Å². The summed E-state index contributed by atoms with van der Waals surface area (Å²) in [6.45, 7) is 2.33. The van der Waals surface area contributed by atoms with E-state index in [0.717, 1.165) is 22.1 Å². The van der Waals surface area contributed by atoms with Crippen LogP contribution in [0.1, 0.15) is 21.7 Å². The number of fused-ring (bicyclic) bond motifs is 1. The standard InChI is InChI=1S/C17H14ClNO2/c1-11-14-4-2-3-5-15(14)21-16(11)17(20)19-10-12-6-8-13(18)9-7-12/h2-9H,10H2,1H3,(H,19,20). The van der Waals surface area contributed by atoms with Gasteiger partial charge in [-0.05, 0) is 30.7 Å². The molecule has 0 unspecified atom stereocenters. The Morgan fingerprint density at radius 2 is 1.86 bits per heavy atom. The van der Waals surface area contributed by atoms with Crippen molar-refractivity contribution in [3.05, 3.63) is 70.4 Å². The van der Waals surface area contributed by atoms with Gasteiger partial charge in [0.05, 0.1) is 0 Å². The summed E-state index contributed by atoms with van der Waals surface area (Å²) in [6.07, 6.45) is 0. The van der Waals surface area contributed by atoms with Crippen molar-refractivity contribution in [2.75, 3.05) is 0 Å². The first-order chi connectivity index (χ1) is 10.1. The molecule has 0 saturated heterocycles. The molecule has 0 aliphatic rings. The number of benzene rings is 2. The van der Waals surface area contributed by atoms with Crippen molar-refractivity contribution in [2.45, 2.75) is 13.5 Å². The monoisotopic (exact) mass is 299 g/mol. The second-order valence-corrected chi connectivity index (χ2v) is 5.30. The van der Waals surface area contributed by atoms with E-state index >= 15 is 0 Å². The van der Waals surface area contributed by atoms with Crippen LogP contribution in [0.2, 0.25) is 5.02 Å². The molecule has 0 radical (unpaired) electrons. The first-order valence-electron chi connectivity index (χ1n) is 6.66. The molecule has 0 aliphatic carbocycles. The molecular formula is C17H14ClNO2. The molecule has 21 heavy (non-hydrogen) atoms. The highest BCUT2D eigenvalue weighted by Crippen LogP contribution is 2.24. The second kappa shape index (κ2) is 5.62. The van der Waals surface area contributed by atoms with Crippen LogP contribution >= 0.6 is 11.6 Å². The molecule has 1 N–H and O–H groups in total. The summed E-state index contributed by atoms with van der Waals surface area (Å²) < 4.78 is 5.63. The van der Waals surface area contributed by atoms with Gasteiger partial charge < -0.3 is 9.73 Å². The third-order valence-corrected chi connectivity index (χ3v) is 3.67. The number of furan rings is 1. The Labute approximate surface area is 127 Å². The van der Waals surface area contributed by atoms with Crippen molar-refractivity contribution in [1.82, 2.24) is 5.32 Å². The highest BCUT2D eigenvalue weighted by Gasteiger charge is 2.16. The van der Waals surface area contributed by atoms with Crippen molar-refractivity contribution in [2.24, 2.45) is 0 Å². The van der Waals surface area contributed by atoms with Crippen molar-refractivity contribution >= 4 is 28.5 Å². The first kappa shape index (κ1) is 13.7. The van der Waals surface area contributed by atoms with E-state index in [9.17, 15) is 4.79 Å². The van der Waals surface area contributed by atoms with Gasteiger partial charge in [0, 0.05) is 22.5 Å². The largest absolute Gasteiger partial charge is 0.451 e. The Bertz CT molecular complexity index is 790. The molecule has 4 heteroatoms. The maximum absolute atomic E-state index is 12.2. The van der Waals surface area contributed by atoms with Crippen LogP contribution in [0.25, 0.3) is 11.0 Å². The number of para-hydroxylation sites is 1. The van der Waals surface area contributed by atoms with Crippen LogP contribution in [0.15, 0.2) is 52.9 Å². The summed E-state index contributed by atoms with van der Waals surface area (Å²) >= 11 is 5.83. The number of hydrogen-bond acceptors (Lipinski definition) is 2. The molecule has 106 valence electrons. The predicted octanol–water partition coefficient (Wildman–Crippen LogP) is 4.32. The normalized spacial score (nSPS) is 10.8. The summed E-state index contributed by atoms with van der Waals surface area (Å²) in [5.74, 6) is 0.156. The lowest BCUT2D eigenvalue weighted by atomic mass is 10.1. The van der Waals surface area contributed by atoms with Crippen molar-refractivity contribution < 1.29 is 9.21 Å². The van der Waals surface area contributed by atoms with Crippen LogP contribution in [0.3, 0.4) is 0 Å². The number of hydrogen-bond donors (Lipinski definition) is 1. The maximum Gasteiger partial charge on any atom is 0.287 e. The predicted molar refractivity (Wildman–Crippen MR) is 83.6 cm³/mol. The number of carbonyl (C=O) groups excluding carboxylic acids is 1. The van der Waals surface area contributed by atoms with E-state index in [1.807, 2.05) is 43.3 Å². The van der Waals surface area contributed by atoms with Gasteiger partial charge in [-0.1, -0.05) is 41.9 Å². The minimum Gasteiger partial charge on any atom is -0.451 e. The van der Waals surface area contributed by atoms with Gasteiger partial charge in [-0.3, -0.25) is 4.79 Å². The van der Waals surface area contributed by atoms with E-state index in [4.69, 9.17) is 16.0 Å². The molecule has 3 nitrogen and oxygen atoms in total. The van der Waals surface area contributed by atoms with Gasteiger partial charge >= 0.3 is 0 Å². The number of amides is 1. The van der Waals surface area contributed by atoms with E-state index in [0.29, 0.717) is 17.3 Å². The van der Waals surface area contributed by atoms with Gasteiger partial charge in [-0.2, -0.15) is 0 Å². The van der Waals surface area contributed by atoms with Gasteiger partial charge in [-0.25, -0.2) is 0 Å². The molecule has 0 spiro atoms. The fourth-order valence-electron chi connectivity index (χ4n) is 2.26. The van der Waals surface area contributed by atoms with E-state index in [-0.39, 0.29) is 5.91 Å². The first-order valence-corrected chi connectivity index (χ1v) is 7.04. The van der Waals surface area contributed by atoms with E-state index in [2.05, 4.69) is 5.32 Å². The quantitative estimate of drug-likeness (QED) is 0.782. The molecule has 2 aromatic carbocycles. The zero-order valence-electron chi connectivity index (χ0n) is 11.5. The molecule has 3 rings (SSSR count). The smallest absolute Gasteiger partial charge is 0.287 e. The van der Waals surface area contributed by atoms with Crippen molar-refractivity contribution in [1.29, 1.82) is 0 Å². The fraction of sp³-hybridized carbons (Fsp3) is 0.118. The zero-order valence-corrected chi connectivity index (χ0v) is 12.3. The van der Waals surface area contributed by atoms with Crippen molar-refractivity contribution in [3.63, 3.8) is 0 Å². The number of rotatable bonds is 3. The highest BCUT2D eigenvalue weighted by molar-refractivity contribution is 6.30. The minimum absolute atomic E-state index is 0.210. The average Bonchev–Trinajstić information content (AvgIpc) is 2.84. The molecule has 0 aliphatic heterocycles. The topological polar surface area (TPSA) is 42.2 Å². The average molecular weight is 300 g/mol. The number of carbonyl (C=O) groups is 1. The molecule has 3 aromatic rings. The molecule has 0 saturated carbocycles. The Balaban J connectivity index is 1.78. The third kappa shape index (κ3) is 2.78. The van der Waals surface area contributed by atoms with Gasteiger partial charge in [0.15, 0.2) is 5.76 Å². The molecule has 1 aromatic heterocycles. The van der Waals surface area contributed by atoms with Crippen LogP contribution < -0.4 is 5.32 Å². The zero-order chi connectivity index (χ0) is 14.8. The molecule has 1 heterocycles. The molecule has 0 atom stereocenters. The van der Waals surface area contributed by atoms with E-state index < -0.39 is 0 Å². The third-order valence-electron chi connectivity index (χ3n) is 3.42. The molecule has 0 bridgehead atoms. The number of nitrogens with one attached hydrogen (secondary N) is 1. The number of halogens is 1. The van der Waals surface area contributed by atoms with E-state index in [1.165, 1.54) is 0 Å². The summed E-state index contributed by atoms with van der Waals surface area (Å²) in [4.78, 5) is 12.2. The van der Waals surface area contributed by atoms with E-state index in [1.54, 1.807) is 12.1 Å². The van der Waals surface area contributed by atoms with Gasteiger partial charge in [-0.15, -0.1) is 0 Å². The van der Waals surface area contributed by atoms with Gasteiger partial charge in [0.25, 0.3) is 5.91 Å². The lowest BCUT2D eigenvalue weighted by molar-refractivity contribution is 0.0924. The van der Waals surface area contributed by atoms with Crippen LogP contribution in [-0.2, 0) is 6.54 Å². The molecular weight excluding hydrogens is 286 g/mol. The summed E-state index contributed by atoms with van der Waals surface area (Å²) in [7, 11) is 0. The van der Waals surface area contributed by atoms with Crippen molar-refractivity contribution in [3.8, 4) is 0 Å². The summed E-state index contributed by atoms with van der Waals surface area (Å²) in [5.41, 5.74) is 2.58. The van der Waals surface area contributed by atoms with Crippen LogP contribution in [0, 0.1) is 6.92 Å². The Morgan fingerprint density at radius 3 is 2.57 bits per heavy atom. The Kier molecular flexibility index (Phi) is 3.67. The molecule has 0 fully saturated rings. The van der Waals surface area contributed by atoms with Gasteiger partial charge in [0.1, 0.15) is 5.58 Å². The van der Waals surface area contributed by atoms with Gasteiger partial charge in [0.2, 0.25) is 0 Å². The lowest BCUT2D eigenvalue weighted by Gasteiger charge is -2.04. The van der Waals surface area contributed by atoms with Crippen LogP contribution in [0.5, 0.6) is 0 Å². The summed E-state index contributed by atoms with van der Waals surface area (Å²) in [5, 5.41) is 4.51. The SMILES string of the molecule is Cc1c(C(=O)NCc2ccc(Cl)cc2)oc2ccccc12. The molecule has 1 amide bonds. The second-order valence-electron chi connectivity index (χ2n) is 4.86. The van der Waals surface area contributed by atoms with Crippen LogP contribution in [0.4, 0.5) is 0 Å². The maximum atomic E-state index is 12.2. The fourth-order valence-corrected chi connectivity index (χ4v) is 2.38. The number of aryl methyl sites for hydroxylation is 1. The Hall–Kier alpha value is -2.26. The highest BCUT2D eigenvalue weighted by atomic mass is 35.5.